The van der Waals surface area contributed by atoms with Gasteiger partial charge in [-0.2, -0.15) is 5.10 Å². The molecule has 0 radical (unpaired) electrons. The first-order valence-corrected chi connectivity index (χ1v) is 5.29. The molecule has 86 valence electrons. The number of nitrogens with zero attached hydrogens (tertiary/aromatic N) is 1. The minimum absolute atomic E-state index is 0.251. The number of hydrazone groups is 1. The molecule has 1 aromatic carbocycles. The number of nitrogens with one attached hydrogen (secondary N) is 2. The van der Waals surface area contributed by atoms with Gasteiger partial charge in [0.05, 0.1) is 6.21 Å². The number of aromatic nitrogens is 1. The Morgan fingerprint density at radius 1 is 1.35 bits per heavy atom. The van der Waals surface area contributed by atoms with E-state index in [9.17, 15) is 4.79 Å². The lowest BCUT2D eigenvalue weighted by Crippen LogP contribution is -2.17. The molecule has 0 aliphatic carbocycles. The fraction of sp³-hybridized carbons (Fsp3) is 0.0769. The fourth-order valence-electron chi connectivity index (χ4n) is 1.45. The second-order valence-corrected chi connectivity index (χ2v) is 3.70. The van der Waals surface area contributed by atoms with Crippen molar-refractivity contribution in [3.63, 3.8) is 0 Å². The Labute approximate surface area is 99.4 Å². The monoisotopic (exact) mass is 227 g/mol. The Morgan fingerprint density at radius 3 is 2.94 bits per heavy atom. The van der Waals surface area contributed by atoms with Gasteiger partial charge in [0.25, 0.3) is 5.91 Å². The zero-order valence-electron chi connectivity index (χ0n) is 9.47. The molecule has 0 aliphatic heterocycles. The van der Waals surface area contributed by atoms with Crippen LogP contribution in [0.25, 0.3) is 0 Å². The van der Waals surface area contributed by atoms with Crippen LogP contribution in [0.2, 0.25) is 0 Å². The molecular formula is C13H13N3O. The SMILES string of the molecule is Cc1cccc(/C=N\NC(=O)c2ccc[nH]2)c1. The van der Waals surface area contributed by atoms with Crippen molar-refractivity contribution in [1.82, 2.24) is 10.4 Å². The van der Waals surface area contributed by atoms with Crippen LogP contribution in [0.15, 0.2) is 47.7 Å². The number of amides is 1. The van der Waals surface area contributed by atoms with E-state index in [1.165, 1.54) is 0 Å². The van der Waals surface area contributed by atoms with Crippen LogP contribution in [0.5, 0.6) is 0 Å². The Balaban J connectivity index is 1.96. The van der Waals surface area contributed by atoms with Crippen LogP contribution in [0.1, 0.15) is 21.6 Å². The van der Waals surface area contributed by atoms with Gasteiger partial charge in [-0.25, -0.2) is 5.43 Å². The maximum atomic E-state index is 11.5. The van der Waals surface area contributed by atoms with Gasteiger partial charge < -0.3 is 4.98 Å². The summed E-state index contributed by atoms with van der Waals surface area (Å²) < 4.78 is 0. The van der Waals surface area contributed by atoms with Crippen molar-refractivity contribution < 1.29 is 4.79 Å². The molecule has 4 heteroatoms. The first-order chi connectivity index (χ1) is 8.25. The van der Waals surface area contributed by atoms with Gasteiger partial charge in [-0.05, 0) is 24.6 Å². The molecule has 2 aromatic rings. The smallest absolute Gasteiger partial charge is 0.287 e. The van der Waals surface area contributed by atoms with E-state index >= 15 is 0 Å². The predicted octanol–water partition coefficient (Wildman–Crippen LogP) is 2.09. The summed E-state index contributed by atoms with van der Waals surface area (Å²) in [7, 11) is 0. The normalized spacial score (nSPS) is 10.6. The van der Waals surface area contributed by atoms with E-state index in [2.05, 4.69) is 15.5 Å². The van der Waals surface area contributed by atoms with E-state index in [-0.39, 0.29) is 5.91 Å². The van der Waals surface area contributed by atoms with Crippen LogP contribution in [0.4, 0.5) is 0 Å². The lowest BCUT2D eigenvalue weighted by molar-refractivity contribution is 0.0951. The summed E-state index contributed by atoms with van der Waals surface area (Å²) in [5.41, 5.74) is 5.06. The zero-order valence-corrected chi connectivity index (χ0v) is 9.47. The third kappa shape index (κ3) is 3.04. The molecule has 2 rings (SSSR count). The Hall–Kier alpha value is -2.36. The highest BCUT2D eigenvalue weighted by Gasteiger charge is 2.02. The lowest BCUT2D eigenvalue weighted by Gasteiger charge is -1.97. The van der Waals surface area contributed by atoms with Crippen molar-refractivity contribution in [1.29, 1.82) is 0 Å². The maximum absolute atomic E-state index is 11.5. The van der Waals surface area contributed by atoms with Gasteiger partial charge in [0.2, 0.25) is 0 Å². The van der Waals surface area contributed by atoms with Gasteiger partial charge in [-0.1, -0.05) is 29.8 Å². The van der Waals surface area contributed by atoms with Gasteiger partial charge in [-0.15, -0.1) is 0 Å². The van der Waals surface area contributed by atoms with Crippen LogP contribution >= 0.6 is 0 Å². The molecule has 0 saturated heterocycles. The summed E-state index contributed by atoms with van der Waals surface area (Å²) >= 11 is 0. The number of carbonyl (C=O) groups is 1. The van der Waals surface area contributed by atoms with E-state index in [1.807, 2.05) is 31.2 Å². The molecule has 0 atom stereocenters. The zero-order chi connectivity index (χ0) is 12.1. The molecule has 4 nitrogen and oxygen atoms in total. The average Bonchev–Trinajstić information content (AvgIpc) is 2.82. The minimum atomic E-state index is -0.251. The summed E-state index contributed by atoms with van der Waals surface area (Å²) in [4.78, 5) is 14.3. The highest BCUT2D eigenvalue weighted by molar-refractivity contribution is 5.93. The quantitative estimate of drug-likeness (QED) is 0.612. The first kappa shape index (κ1) is 11.1. The molecule has 2 N–H and O–H groups in total. The molecule has 0 unspecified atom stereocenters. The number of H-pyrrole nitrogens is 1. The number of aryl methyl sites for hydroxylation is 1. The molecule has 1 amide bonds. The lowest BCUT2D eigenvalue weighted by atomic mass is 10.2. The maximum Gasteiger partial charge on any atom is 0.287 e. The molecule has 0 bridgehead atoms. The van der Waals surface area contributed by atoms with Crippen molar-refractivity contribution in [2.75, 3.05) is 0 Å². The molecule has 0 fully saturated rings. The van der Waals surface area contributed by atoms with Crippen LogP contribution < -0.4 is 5.43 Å². The van der Waals surface area contributed by atoms with Gasteiger partial charge in [0.15, 0.2) is 0 Å². The number of carbonyl (C=O) groups excluding carboxylic acids is 1. The molecule has 0 spiro atoms. The van der Waals surface area contributed by atoms with Gasteiger partial charge in [0, 0.05) is 6.20 Å². The molecule has 1 aromatic heterocycles. The summed E-state index contributed by atoms with van der Waals surface area (Å²) in [5, 5.41) is 3.89. The van der Waals surface area contributed by atoms with Crippen molar-refractivity contribution in [2.45, 2.75) is 6.92 Å². The second kappa shape index (κ2) is 5.12. The topological polar surface area (TPSA) is 57.2 Å². The van der Waals surface area contributed by atoms with E-state index in [1.54, 1.807) is 24.5 Å². The minimum Gasteiger partial charge on any atom is -0.357 e. The van der Waals surface area contributed by atoms with Gasteiger partial charge >= 0.3 is 0 Å². The fourth-order valence-corrected chi connectivity index (χ4v) is 1.45. The summed E-state index contributed by atoms with van der Waals surface area (Å²) in [6, 6.07) is 11.3. The average molecular weight is 227 g/mol. The number of aromatic amines is 1. The van der Waals surface area contributed by atoms with Crippen LogP contribution in [0, 0.1) is 6.92 Å². The highest BCUT2D eigenvalue weighted by Crippen LogP contribution is 2.00. The van der Waals surface area contributed by atoms with E-state index in [4.69, 9.17) is 0 Å². The first-order valence-electron chi connectivity index (χ1n) is 5.29. The Bertz CT molecular complexity index is 529. The standard InChI is InChI=1S/C13H13N3O/c1-10-4-2-5-11(8-10)9-15-16-13(17)12-6-3-7-14-12/h2-9,14H,1H3,(H,16,17)/b15-9-. The van der Waals surface area contributed by atoms with Crippen LogP contribution in [-0.4, -0.2) is 17.1 Å². The second-order valence-electron chi connectivity index (χ2n) is 3.70. The Morgan fingerprint density at radius 2 is 2.24 bits per heavy atom. The highest BCUT2D eigenvalue weighted by atomic mass is 16.2. The molecule has 17 heavy (non-hydrogen) atoms. The Kier molecular flexibility index (Phi) is 3.35. The third-order valence-electron chi connectivity index (χ3n) is 2.26. The number of rotatable bonds is 3. The van der Waals surface area contributed by atoms with Gasteiger partial charge in [-0.3, -0.25) is 4.79 Å². The number of hydrogen-bond acceptors (Lipinski definition) is 2. The van der Waals surface area contributed by atoms with Crippen molar-refractivity contribution in [3.8, 4) is 0 Å². The number of hydrogen-bond donors (Lipinski definition) is 2. The summed E-state index contributed by atoms with van der Waals surface area (Å²) in [6.45, 7) is 2.01. The van der Waals surface area contributed by atoms with Crippen LogP contribution in [-0.2, 0) is 0 Å². The summed E-state index contributed by atoms with van der Waals surface area (Å²) in [5.74, 6) is -0.251. The number of benzene rings is 1. The van der Waals surface area contributed by atoms with E-state index in [0.29, 0.717) is 5.69 Å². The largest absolute Gasteiger partial charge is 0.357 e. The molecule has 0 saturated carbocycles. The van der Waals surface area contributed by atoms with E-state index in [0.717, 1.165) is 11.1 Å². The third-order valence-corrected chi connectivity index (χ3v) is 2.26. The predicted molar refractivity (Wildman–Crippen MR) is 67.0 cm³/mol. The van der Waals surface area contributed by atoms with Crippen LogP contribution in [0.3, 0.4) is 0 Å². The van der Waals surface area contributed by atoms with Crippen molar-refractivity contribution in [2.24, 2.45) is 5.10 Å². The van der Waals surface area contributed by atoms with Crippen molar-refractivity contribution in [3.05, 3.63) is 59.4 Å². The molecule has 0 aliphatic rings. The molecule has 1 heterocycles. The molecular weight excluding hydrogens is 214 g/mol. The van der Waals surface area contributed by atoms with E-state index < -0.39 is 0 Å². The van der Waals surface area contributed by atoms with Gasteiger partial charge in [0.1, 0.15) is 5.69 Å². The van der Waals surface area contributed by atoms with Crippen molar-refractivity contribution >= 4 is 12.1 Å². The summed E-state index contributed by atoms with van der Waals surface area (Å²) in [6.07, 6.45) is 3.31.